The van der Waals surface area contributed by atoms with E-state index in [1.807, 2.05) is 6.07 Å². The van der Waals surface area contributed by atoms with Crippen molar-refractivity contribution in [3.05, 3.63) is 63.9 Å². The Morgan fingerprint density at radius 1 is 1.18 bits per heavy atom. The molecule has 22 heavy (non-hydrogen) atoms. The highest BCUT2D eigenvalue weighted by Crippen LogP contribution is 2.34. The van der Waals surface area contributed by atoms with Gasteiger partial charge in [0.1, 0.15) is 6.61 Å². The van der Waals surface area contributed by atoms with Gasteiger partial charge in [0.25, 0.3) is 5.78 Å². The summed E-state index contributed by atoms with van der Waals surface area (Å²) in [6.45, 7) is 0.0320. The van der Waals surface area contributed by atoms with Crippen LogP contribution < -0.4 is 4.74 Å². The third-order valence-electron chi connectivity index (χ3n) is 2.78. The first-order valence-corrected chi connectivity index (χ1v) is 7.24. The van der Waals surface area contributed by atoms with Crippen LogP contribution in [0.2, 0.25) is 0 Å². The zero-order valence-electron chi connectivity index (χ0n) is 11.0. The molecule has 2 nitrogen and oxygen atoms in total. The lowest BCUT2D eigenvalue weighted by Crippen LogP contribution is -2.23. The Hall–Kier alpha value is -1.53. The molecule has 0 unspecified atom stereocenters. The zero-order chi connectivity index (χ0) is 16.3. The highest BCUT2D eigenvalue weighted by Gasteiger charge is 2.40. The van der Waals surface area contributed by atoms with E-state index in [9.17, 15) is 18.0 Å². The zero-order valence-corrected chi connectivity index (χ0v) is 13.3. The Morgan fingerprint density at radius 2 is 1.82 bits per heavy atom. The smallest absolute Gasteiger partial charge is 0.385 e. The molecule has 2 aromatic rings. The van der Waals surface area contributed by atoms with Crippen molar-refractivity contribution in [2.45, 2.75) is 12.0 Å². The van der Waals surface area contributed by atoms with Gasteiger partial charge in [0.15, 0.2) is 11.6 Å². The highest BCUT2D eigenvalue weighted by molar-refractivity contribution is 9.10. The summed E-state index contributed by atoms with van der Waals surface area (Å²) >= 11 is 7.54. The minimum atomic E-state index is -4.19. The number of carbonyl (C=O) groups is 1. The summed E-state index contributed by atoms with van der Waals surface area (Å²) in [4.78, 5) is 11.5. The summed E-state index contributed by atoms with van der Waals surface area (Å²) in [5, 5.41) is -4.19. The third kappa shape index (κ3) is 3.81. The summed E-state index contributed by atoms with van der Waals surface area (Å²) < 4.78 is 45.2. The van der Waals surface area contributed by atoms with E-state index in [0.717, 1.165) is 5.56 Å². The van der Waals surface area contributed by atoms with Crippen LogP contribution >= 0.6 is 27.5 Å². The number of rotatable bonds is 5. The first-order chi connectivity index (χ1) is 10.3. The van der Waals surface area contributed by atoms with Gasteiger partial charge in [-0.15, -0.1) is 0 Å². The van der Waals surface area contributed by atoms with Gasteiger partial charge in [-0.1, -0.05) is 30.3 Å². The second-order valence-corrected chi connectivity index (χ2v) is 5.66. The van der Waals surface area contributed by atoms with Gasteiger partial charge in [-0.25, -0.2) is 4.39 Å². The van der Waals surface area contributed by atoms with Crippen molar-refractivity contribution >= 4 is 33.3 Å². The molecular weight excluding hydrogens is 385 g/mol. The molecule has 0 bridgehead atoms. The maximum atomic E-state index is 14.2. The Balaban J connectivity index is 2.29. The normalized spacial score (nSPS) is 11.3. The Kier molecular flexibility index (Phi) is 5.13. The van der Waals surface area contributed by atoms with Gasteiger partial charge in [0, 0.05) is 4.47 Å². The molecule has 0 radical (unpaired) electrons. The fourth-order valence-corrected chi connectivity index (χ4v) is 2.31. The minimum absolute atomic E-state index is 0.0320. The Bertz CT molecular complexity index is 687. The first-order valence-electron chi connectivity index (χ1n) is 6.07. The number of carbonyl (C=O) groups excluding carboxylic acids is 1. The number of ether oxygens (including phenoxy) is 1. The predicted molar refractivity (Wildman–Crippen MR) is 80.0 cm³/mol. The van der Waals surface area contributed by atoms with Crippen LogP contribution in [-0.4, -0.2) is 11.2 Å². The second-order valence-electron chi connectivity index (χ2n) is 4.34. The average molecular weight is 394 g/mol. The predicted octanol–water partition coefficient (Wildman–Crippen LogP) is 5.18. The van der Waals surface area contributed by atoms with Crippen LogP contribution in [0, 0.1) is 5.82 Å². The molecule has 0 aromatic heterocycles. The Morgan fingerprint density at radius 3 is 2.41 bits per heavy atom. The van der Waals surface area contributed by atoms with Crippen molar-refractivity contribution in [1.82, 2.24) is 0 Å². The number of alkyl halides is 3. The largest absolute Gasteiger partial charge is 0.486 e. The number of Topliss-reactive ketones (excluding diaryl/α,β-unsaturated/α-hetero) is 1. The van der Waals surface area contributed by atoms with Gasteiger partial charge in [0.05, 0.1) is 5.56 Å². The fraction of sp³-hybridized carbons (Fsp3) is 0.133. The van der Waals surface area contributed by atoms with Gasteiger partial charge in [0.2, 0.25) is 0 Å². The maximum Gasteiger partial charge on any atom is 0.385 e. The van der Waals surface area contributed by atoms with Gasteiger partial charge >= 0.3 is 5.38 Å². The quantitative estimate of drug-likeness (QED) is 0.517. The Labute approximate surface area is 138 Å². The summed E-state index contributed by atoms with van der Waals surface area (Å²) in [6.07, 6.45) is 0. The third-order valence-corrected chi connectivity index (χ3v) is 3.61. The van der Waals surface area contributed by atoms with E-state index in [0.29, 0.717) is 0 Å². The lowest BCUT2D eigenvalue weighted by Gasteiger charge is -2.13. The minimum Gasteiger partial charge on any atom is -0.486 e. The van der Waals surface area contributed by atoms with E-state index in [-0.39, 0.29) is 16.8 Å². The van der Waals surface area contributed by atoms with Crippen molar-refractivity contribution in [1.29, 1.82) is 0 Å². The standard InChI is InChI=1S/C15H9BrClF3O2/c16-10-6-7-11(22-8-9-4-2-1-3-5-9)13(18)12(10)14(21)15(17,19)20/h1-7H,8H2. The van der Waals surface area contributed by atoms with E-state index in [2.05, 4.69) is 27.5 Å². The molecule has 0 N–H and O–H groups in total. The summed E-state index contributed by atoms with van der Waals surface area (Å²) in [5.74, 6) is -3.32. The molecule has 116 valence electrons. The van der Waals surface area contributed by atoms with Crippen LogP contribution in [0.1, 0.15) is 15.9 Å². The molecule has 0 aliphatic rings. The van der Waals surface area contributed by atoms with Crippen LogP contribution in [0.25, 0.3) is 0 Å². The number of hydrogen-bond donors (Lipinski definition) is 0. The van der Waals surface area contributed by atoms with Crippen molar-refractivity contribution in [3.8, 4) is 5.75 Å². The van der Waals surface area contributed by atoms with Crippen LogP contribution in [0.4, 0.5) is 13.2 Å². The van der Waals surface area contributed by atoms with Crippen LogP contribution in [0.3, 0.4) is 0 Å². The molecule has 0 aliphatic heterocycles. The number of hydrogen-bond acceptors (Lipinski definition) is 2. The van der Waals surface area contributed by atoms with Crippen molar-refractivity contribution in [2.75, 3.05) is 0 Å². The molecule has 2 aromatic carbocycles. The fourth-order valence-electron chi connectivity index (χ4n) is 1.73. The molecule has 0 fully saturated rings. The van der Waals surface area contributed by atoms with Crippen LogP contribution in [0.15, 0.2) is 46.9 Å². The first kappa shape index (κ1) is 16.8. The summed E-state index contributed by atoms with van der Waals surface area (Å²) in [6, 6.07) is 11.4. The van der Waals surface area contributed by atoms with Crippen molar-refractivity contribution in [2.24, 2.45) is 0 Å². The van der Waals surface area contributed by atoms with E-state index in [1.165, 1.54) is 12.1 Å². The van der Waals surface area contributed by atoms with Crippen molar-refractivity contribution < 1.29 is 22.7 Å². The van der Waals surface area contributed by atoms with Gasteiger partial charge in [-0.3, -0.25) is 4.79 Å². The molecule has 0 saturated heterocycles. The highest BCUT2D eigenvalue weighted by atomic mass is 79.9. The van der Waals surface area contributed by atoms with E-state index in [1.54, 1.807) is 24.3 Å². The van der Waals surface area contributed by atoms with Gasteiger partial charge in [-0.2, -0.15) is 8.78 Å². The average Bonchev–Trinajstić information content (AvgIpc) is 2.46. The summed E-state index contributed by atoms with van der Waals surface area (Å²) in [5.41, 5.74) is -0.0778. The number of halogens is 5. The number of benzene rings is 2. The topological polar surface area (TPSA) is 26.3 Å². The van der Waals surface area contributed by atoms with Crippen LogP contribution in [0.5, 0.6) is 5.75 Å². The molecule has 0 aliphatic carbocycles. The van der Waals surface area contributed by atoms with E-state index < -0.39 is 22.5 Å². The SMILES string of the molecule is O=C(c1c(Br)ccc(OCc2ccccc2)c1F)C(F)(F)Cl. The molecular formula is C15H9BrClF3O2. The van der Waals surface area contributed by atoms with Gasteiger partial charge in [-0.05, 0) is 45.2 Å². The summed E-state index contributed by atoms with van der Waals surface area (Å²) in [7, 11) is 0. The lowest BCUT2D eigenvalue weighted by molar-refractivity contribution is 0.0529. The van der Waals surface area contributed by atoms with Crippen molar-refractivity contribution in [3.63, 3.8) is 0 Å². The monoisotopic (exact) mass is 392 g/mol. The molecule has 0 atom stereocenters. The molecule has 0 spiro atoms. The second kappa shape index (κ2) is 6.71. The number of ketones is 1. The maximum absolute atomic E-state index is 14.2. The van der Waals surface area contributed by atoms with Crippen LogP contribution in [-0.2, 0) is 6.61 Å². The molecule has 7 heteroatoms. The van der Waals surface area contributed by atoms with E-state index >= 15 is 0 Å². The molecule has 2 rings (SSSR count). The molecule has 0 saturated carbocycles. The lowest BCUT2D eigenvalue weighted by atomic mass is 10.1. The van der Waals surface area contributed by atoms with Gasteiger partial charge < -0.3 is 4.74 Å². The molecule has 0 heterocycles. The molecule has 0 amide bonds. The van der Waals surface area contributed by atoms with E-state index in [4.69, 9.17) is 4.74 Å².